The molecule has 1 nitrogen and oxygen atoms in total. The van der Waals surface area contributed by atoms with Crippen LogP contribution in [0.5, 0.6) is 0 Å². The lowest BCUT2D eigenvalue weighted by Crippen LogP contribution is -2.32. The van der Waals surface area contributed by atoms with Crippen LogP contribution in [0.1, 0.15) is 18.4 Å². The molecule has 14 heavy (non-hydrogen) atoms. The zero-order valence-electron chi connectivity index (χ0n) is 8.25. The molecule has 1 aromatic carbocycles. The summed E-state index contributed by atoms with van der Waals surface area (Å²) in [5.41, 5.74) is 1.23. The molecule has 1 N–H and O–H groups in total. The first-order valence-corrected chi connectivity index (χ1v) is 5.23. The predicted molar refractivity (Wildman–Crippen MR) is 55.8 cm³/mol. The van der Waals surface area contributed by atoms with Gasteiger partial charge in [-0.15, -0.1) is 0 Å². The molecule has 2 heteroatoms. The van der Waals surface area contributed by atoms with Gasteiger partial charge in [0.1, 0.15) is 6.67 Å². The van der Waals surface area contributed by atoms with E-state index >= 15 is 0 Å². The van der Waals surface area contributed by atoms with E-state index in [9.17, 15) is 4.39 Å². The van der Waals surface area contributed by atoms with Crippen LogP contribution in [0.3, 0.4) is 0 Å². The van der Waals surface area contributed by atoms with Crippen molar-refractivity contribution in [3.63, 3.8) is 0 Å². The molecule has 76 valence electrons. The zero-order chi connectivity index (χ0) is 9.80. The van der Waals surface area contributed by atoms with E-state index in [1.807, 2.05) is 18.2 Å². The van der Waals surface area contributed by atoms with Gasteiger partial charge in [0.15, 0.2) is 0 Å². The second kappa shape index (κ2) is 4.56. The van der Waals surface area contributed by atoms with Gasteiger partial charge < -0.3 is 5.32 Å². The van der Waals surface area contributed by atoms with Crippen LogP contribution in [0.25, 0.3) is 0 Å². The van der Waals surface area contributed by atoms with E-state index < -0.39 is 0 Å². The topological polar surface area (TPSA) is 12.0 Å². The van der Waals surface area contributed by atoms with Crippen molar-refractivity contribution in [1.82, 2.24) is 5.32 Å². The van der Waals surface area contributed by atoms with Crippen molar-refractivity contribution in [2.45, 2.75) is 25.4 Å². The Balaban J connectivity index is 1.81. The molecule has 0 heterocycles. The molecule has 1 aliphatic rings. The van der Waals surface area contributed by atoms with Crippen molar-refractivity contribution < 1.29 is 4.39 Å². The van der Waals surface area contributed by atoms with Gasteiger partial charge in [0.25, 0.3) is 0 Å². The fourth-order valence-corrected chi connectivity index (χ4v) is 1.69. The van der Waals surface area contributed by atoms with E-state index in [4.69, 9.17) is 0 Å². The Morgan fingerprint density at radius 3 is 2.57 bits per heavy atom. The van der Waals surface area contributed by atoms with E-state index in [0.29, 0.717) is 5.92 Å². The van der Waals surface area contributed by atoms with E-state index in [1.165, 1.54) is 18.4 Å². The minimum atomic E-state index is -0.239. The molecule has 2 rings (SSSR count). The van der Waals surface area contributed by atoms with Crippen LogP contribution in [0.2, 0.25) is 0 Å². The molecular weight excluding hydrogens is 177 g/mol. The molecule has 0 radical (unpaired) electrons. The lowest BCUT2D eigenvalue weighted by Gasteiger charge is -2.14. The van der Waals surface area contributed by atoms with Crippen LogP contribution in [0.4, 0.5) is 4.39 Å². The minimum Gasteiger partial charge on any atom is -0.307 e. The highest BCUT2D eigenvalue weighted by Crippen LogP contribution is 2.32. The maximum Gasteiger partial charge on any atom is 0.105 e. The quantitative estimate of drug-likeness (QED) is 0.757. The molecule has 0 saturated heterocycles. The van der Waals surface area contributed by atoms with Gasteiger partial charge in [-0.05, 0) is 24.3 Å². The van der Waals surface area contributed by atoms with Crippen molar-refractivity contribution in [1.29, 1.82) is 0 Å². The smallest absolute Gasteiger partial charge is 0.105 e. The second-order valence-corrected chi connectivity index (χ2v) is 3.96. The van der Waals surface area contributed by atoms with Gasteiger partial charge in [0.2, 0.25) is 0 Å². The third-order valence-corrected chi connectivity index (χ3v) is 2.77. The van der Waals surface area contributed by atoms with E-state index in [2.05, 4.69) is 17.4 Å². The Morgan fingerprint density at radius 1 is 1.29 bits per heavy atom. The van der Waals surface area contributed by atoms with E-state index in [1.54, 1.807) is 0 Å². The number of hydrogen-bond acceptors (Lipinski definition) is 1. The lowest BCUT2D eigenvalue weighted by molar-refractivity contribution is 0.345. The minimum absolute atomic E-state index is 0.0789. The number of halogens is 1. The molecule has 1 aliphatic carbocycles. The van der Waals surface area contributed by atoms with Crippen molar-refractivity contribution >= 4 is 0 Å². The van der Waals surface area contributed by atoms with Gasteiger partial charge in [-0.25, -0.2) is 4.39 Å². The zero-order valence-corrected chi connectivity index (χ0v) is 8.25. The number of hydrogen-bond donors (Lipinski definition) is 1. The molecule has 0 bridgehead atoms. The fourth-order valence-electron chi connectivity index (χ4n) is 1.69. The Kier molecular flexibility index (Phi) is 3.14. The summed E-state index contributed by atoms with van der Waals surface area (Å²) in [7, 11) is 0. The Labute approximate surface area is 84.3 Å². The lowest BCUT2D eigenvalue weighted by atomic mass is 10.1. The molecule has 0 aliphatic heterocycles. The highest BCUT2D eigenvalue weighted by Gasteiger charge is 2.30. The van der Waals surface area contributed by atoms with Crippen LogP contribution < -0.4 is 5.32 Å². The summed E-state index contributed by atoms with van der Waals surface area (Å²) < 4.78 is 12.6. The van der Waals surface area contributed by atoms with Gasteiger partial charge in [0, 0.05) is 12.6 Å². The van der Waals surface area contributed by atoms with E-state index in [-0.39, 0.29) is 12.7 Å². The maximum absolute atomic E-state index is 12.6. The summed E-state index contributed by atoms with van der Waals surface area (Å²) in [6.45, 7) is 0.545. The largest absolute Gasteiger partial charge is 0.307 e. The van der Waals surface area contributed by atoms with Gasteiger partial charge in [-0.3, -0.25) is 0 Å². The van der Waals surface area contributed by atoms with Gasteiger partial charge in [0.05, 0.1) is 0 Å². The van der Waals surface area contributed by atoms with Crippen molar-refractivity contribution in [3.8, 4) is 0 Å². The Hall–Kier alpha value is -0.890. The summed E-state index contributed by atoms with van der Waals surface area (Å²) in [5.74, 6) is 0.587. The first kappa shape index (κ1) is 9.66. The third-order valence-electron chi connectivity index (χ3n) is 2.77. The maximum atomic E-state index is 12.6. The molecule has 0 spiro atoms. The third kappa shape index (κ3) is 2.55. The molecular formula is C12H16FN. The Morgan fingerprint density at radius 2 is 2.00 bits per heavy atom. The van der Waals surface area contributed by atoms with Crippen LogP contribution in [0, 0.1) is 5.92 Å². The number of rotatable bonds is 5. The van der Waals surface area contributed by atoms with Crippen molar-refractivity contribution in [3.05, 3.63) is 35.9 Å². The number of benzene rings is 1. The van der Waals surface area contributed by atoms with Gasteiger partial charge in [-0.1, -0.05) is 30.3 Å². The number of nitrogens with one attached hydrogen (secondary N) is 1. The molecule has 1 atom stereocenters. The summed E-state index contributed by atoms with van der Waals surface area (Å²) in [6, 6.07) is 10.2. The highest BCUT2D eigenvalue weighted by molar-refractivity contribution is 5.14. The molecule has 0 aromatic heterocycles. The van der Waals surface area contributed by atoms with Crippen LogP contribution in [0.15, 0.2) is 30.3 Å². The fraction of sp³-hybridized carbons (Fsp3) is 0.500. The summed E-state index contributed by atoms with van der Waals surface area (Å²) in [5, 5.41) is 3.27. The van der Waals surface area contributed by atoms with Gasteiger partial charge >= 0.3 is 0 Å². The molecule has 1 aromatic rings. The molecule has 0 amide bonds. The molecule has 1 unspecified atom stereocenters. The van der Waals surface area contributed by atoms with E-state index in [0.717, 1.165) is 6.54 Å². The van der Waals surface area contributed by atoms with Gasteiger partial charge in [-0.2, -0.15) is 0 Å². The van der Waals surface area contributed by atoms with Crippen molar-refractivity contribution in [2.75, 3.05) is 6.67 Å². The standard InChI is InChI=1S/C12H16FN/c13-8-12(11-6-7-11)14-9-10-4-2-1-3-5-10/h1-5,11-12,14H,6-9H2. The summed E-state index contributed by atoms with van der Waals surface area (Å²) >= 11 is 0. The number of alkyl halides is 1. The average molecular weight is 193 g/mol. The highest BCUT2D eigenvalue weighted by atomic mass is 19.1. The van der Waals surface area contributed by atoms with Crippen LogP contribution >= 0.6 is 0 Å². The average Bonchev–Trinajstić information content (AvgIpc) is 3.05. The van der Waals surface area contributed by atoms with Crippen molar-refractivity contribution in [2.24, 2.45) is 5.92 Å². The Bertz CT molecular complexity index is 269. The molecule has 1 fully saturated rings. The SMILES string of the molecule is FCC(NCc1ccccc1)C1CC1. The first-order chi connectivity index (χ1) is 6.90. The monoisotopic (exact) mass is 193 g/mol. The first-order valence-electron chi connectivity index (χ1n) is 5.23. The molecule has 1 saturated carbocycles. The predicted octanol–water partition coefficient (Wildman–Crippen LogP) is 2.52. The normalized spacial score (nSPS) is 18.1. The van der Waals surface area contributed by atoms with Crippen LogP contribution in [-0.4, -0.2) is 12.7 Å². The summed E-state index contributed by atoms with van der Waals surface area (Å²) in [6.07, 6.45) is 2.38. The summed E-state index contributed by atoms with van der Waals surface area (Å²) in [4.78, 5) is 0. The second-order valence-electron chi connectivity index (χ2n) is 3.96. The van der Waals surface area contributed by atoms with Crippen LogP contribution in [-0.2, 0) is 6.54 Å².